The molecule has 1 atom stereocenters. The second kappa shape index (κ2) is 4.33. The first-order valence-corrected chi connectivity index (χ1v) is 4.72. The lowest BCUT2D eigenvalue weighted by atomic mass is 10.2. The maximum absolute atomic E-state index is 5.36. The molecule has 0 bridgehead atoms. The zero-order valence-electron chi connectivity index (χ0n) is 8.16. The summed E-state index contributed by atoms with van der Waals surface area (Å²) in [5.41, 5.74) is 0. The summed E-state index contributed by atoms with van der Waals surface area (Å²) >= 11 is 0. The van der Waals surface area contributed by atoms with Crippen molar-refractivity contribution in [3.63, 3.8) is 0 Å². The highest BCUT2D eigenvalue weighted by molar-refractivity contribution is 5.47. The van der Waals surface area contributed by atoms with Gasteiger partial charge in [-0.05, 0) is 20.3 Å². The molecular weight excluding hydrogens is 152 g/mol. The van der Waals surface area contributed by atoms with Crippen LogP contribution in [0.5, 0.6) is 0 Å². The van der Waals surface area contributed by atoms with Gasteiger partial charge in [0.1, 0.15) is 0 Å². The van der Waals surface area contributed by atoms with Crippen LogP contribution < -0.4 is 0 Å². The minimum atomic E-state index is 0.185. The van der Waals surface area contributed by atoms with E-state index in [4.69, 9.17) is 4.74 Å². The highest BCUT2D eigenvalue weighted by atomic mass is 16.5. The number of hydrogen-bond acceptors (Lipinski definition) is 3. The van der Waals surface area contributed by atoms with Crippen molar-refractivity contribution >= 4 is 6.40 Å². The van der Waals surface area contributed by atoms with Crippen molar-refractivity contribution in [3.8, 4) is 0 Å². The van der Waals surface area contributed by atoms with E-state index in [1.807, 2.05) is 5.01 Å². The highest BCUT2D eigenvalue weighted by Crippen LogP contribution is 2.17. The van der Waals surface area contributed by atoms with Crippen molar-refractivity contribution < 1.29 is 4.74 Å². The van der Waals surface area contributed by atoms with Gasteiger partial charge < -0.3 is 4.74 Å². The molecule has 0 saturated heterocycles. The van der Waals surface area contributed by atoms with Gasteiger partial charge in [0.15, 0.2) is 12.6 Å². The fraction of sp³-hybridized carbons (Fsp3) is 0.889. The maximum Gasteiger partial charge on any atom is 0.195 e. The van der Waals surface area contributed by atoms with Crippen LogP contribution in [-0.4, -0.2) is 23.7 Å². The van der Waals surface area contributed by atoms with Crippen LogP contribution in [0.4, 0.5) is 0 Å². The smallest absolute Gasteiger partial charge is 0.195 e. The Labute approximate surface area is 74.4 Å². The molecule has 1 aliphatic heterocycles. The molecule has 0 amide bonds. The summed E-state index contributed by atoms with van der Waals surface area (Å²) in [4.78, 5) is 0. The second-order valence-corrected chi connectivity index (χ2v) is 3.43. The van der Waals surface area contributed by atoms with Crippen LogP contribution >= 0.6 is 0 Å². The van der Waals surface area contributed by atoms with Crippen molar-refractivity contribution in [1.82, 2.24) is 5.01 Å². The lowest BCUT2D eigenvalue weighted by Crippen LogP contribution is -2.33. The summed E-state index contributed by atoms with van der Waals surface area (Å²) in [6.45, 7) is 6.45. The lowest BCUT2D eigenvalue weighted by Gasteiger charge is -2.25. The lowest BCUT2D eigenvalue weighted by molar-refractivity contribution is 0.0286. The zero-order chi connectivity index (χ0) is 8.97. The molecule has 1 rings (SSSR count). The summed E-state index contributed by atoms with van der Waals surface area (Å²) < 4.78 is 5.36. The topological polar surface area (TPSA) is 24.8 Å². The van der Waals surface area contributed by atoms with Gasteiger partial charge in [-0.25, -0.2) is 0 Å². The van der Waals surface area contributed by atoms with Gasteiger partial charge in [0.25, 0.3) is 0 Å². The molecule has 70 valence electrons. The van der Waals surface area contributed by atoms with Crippen LogP contribution in [0.3, 0.4) is 0 Å². The largest absolute Gasteiger partial charge is 0.457 e. The molecule has 0 aromatic carbocycles. The van der Waals surface area contributed by atoms with E-state index in [2.05, 4.69) is 25.9 Å². The first-order chi connectivity index (χ1) is 5.75. The van der Waals surface area contributed by atoms with E-state index < -0.39 is 0 Å². The Kier molecular flexibility index (Phi) is 3.38. The van der Waals surface area contributed by atoms with Crippen LogP contribution in [0.25, 0.3) is 0 Å². The molecule has 0 radical (unpaired) electrons. The quantitative estimate of drug-likeness (QED) is 0.646. The van der Waals surface area contributed by atoms with E-state index in [0.29, 0.717) is 6.04 Å². The fourth-order valence-electron chi connectivity index (χ4n) is 1.33. The van der Waals surface area contributed by atoms with E-state index in [1.54, 1.807) is 6.40 Å². The van der Waals surface area contributed by atoms with Gasteiger partial charge in [-0.15, -0.1) is 5.10 Å². The Morgan fingerprint density at radius 3 is 2.92 bits per heavy atom. The van der Waals surface area contributed by atoms with Crippen molar-refractivity contribution in [2.24, 2.45) is 5.10 Å². The van der Waals surface area contributed by atoms with Gasteiger partial charge in [-0.1, -0.05) is 13.3 Å². The summed E-state index contributed by atoms with van der Waals surface area (Å²) in [7, 11) is 0. The van der Waals surface area contributed by atoms with Gasteiger partial charge in [-0.3, -0.25) is 5.01 Å². The molecule has 0 saturated carbocycles. The molecule has 3 heteroatoms. The molecule has 0 aromatic rings. The monoisotopic (exact) mass is 170 g/mol. The number of unbranched alkanes of at least 4 members (excludes halogenated alkanes) is 1. The van der Waals surface area contributed by atoms with Gasteiger partial charge in [0.2, 0.25) is 0 Å². The summed E-state index contributed by atoms with van der Waals surface area (Å²) in [6.07, 6.45) is 5.24. The number of hydrogen-bond donors (Lipinski definition) is 0. The third kappa shape index (κ3) is 2.13. The Morgan fingerprint density at radius 1 is 1.58 bits per heavy atom. The molecular formula is C9H18N2O. The zero-order valence-corrected chi connectivity index (χ0v) is 8.16. The van der Waals surface area contributed by atoms with E-state index in [0.717, 1.165) is 6.42 Å². The Bertz CT molecular complexity index is 157. The average molecular weight is 170 g/mol. The average Bonchev–Trinajstić information content (AvgIpc) is 2.48. The third-order valence-electron chi connectivity index (χ3n) is 2.03. The van der Waals surface area contributed by atoms with Gasteiger partial charge in [-0.2, -0.15) is 0 Å². The maximum atomic E-state index is 5.36. The molecule has 0 aliphatic carbocycles. The summed E-state index contributed by atoms with van der Waals surface area (Å²) in [6, 6.07) is 0.436. The van der Waals surface area contributed by atoms with Gasteiger partial charge >= 0.3 is 0 Å². The molecule has 12 heavy (non-hydrogen) atoms. The summed E-state index contributed by atoms with van der Waals surface area (Å²) in [5.74, 6) is 0. The van der Waals surface area contributed by atoms with Crippen LogP contribution in [-0.2, 0) is 4.74 Å². The number of rotatable bonds is 4. The Hall–Kier alpha value is -0.730. The first-order valence-electron chi connectivity index (χ1n) is 4.72. The number of nitrogens with zero attached hydrogens (tertiary/aromatic N) is 2. The second-order valence-electron chi connectivity index (χ2n) is 3.43. The molecule has 1 aliphatic rings. The van der Waals surface area contributed by atoms with Crippen LogP contribution in [0.1, 0.15) is 40.0 Å². The molecule has 0 spiro atoms. The van der Waals surface area contributed by atoms with E-state index in [1.165, 1.54) is 12.8 Å². The van der Waals surface area contributed by atoms with Crippen molar-refractivity contribution in [2.75, 3.05) is 0 Å². The first kappa shape index (κ1) is 9.36. The summed E-state index contributed by atoms with van der Waals surface area (Å²) in [5, 5.41) is 6.18. The molecule has 0 N–H and O–H groups in total. The predicted molar refractivity (Wildman–Crippen MR) is 49.9 cm³/mol. The van der Waals surface area contributed by atoms with Gasteiger partial charge in [0.05, 0.1) is 0 Å². The third-order valence-corrected chi connectivity index (χ3v) is 2.03. The van der Waals surface area contributed by atoms with Crippen LogP contribution in [0.2, 0.25) is 0 Å². The Morgan fingerprint density at radius 2 is 2.33 bits per heavy atom. The molecule has 0 aromatic heterocycles. The SMILES string of the molecule is CCCCC1OC=NN1C(C)C. The van der Waals surface area contributed by atoms with Crippen LogP contribution in [0.15, 0.2) is 5.10 Å². The molecule has 0 fully saturated rings. The molecule has 3 nitrogen and oxygen atoms in total. The Balaban J connectivity index is 2.34. The van der Waals surface area contributed by atoms with Gasteiger partial charge in [0, 0.05) is 12.5 Å². The predicted octanol–water partition coefficient (Wildman–Crippen LogP) is 2.19. The minimum Gasteiger partial charge on any atom is -0.457 e. The molecule has 1 heterocycles. The highest BCUT2D eigenvalue weighted by Gasteiger charge is 2.23. The van der Waals surface area contributed by atoms with E-state index in [-0.39, 0.29) is 6.23 Å². The van der Waals surface area contributed by atoms with E-state index in [9.17, 15) is 0 Å². The number of ether oxygens (including phenoxy) is 1. The fourth-order valence-corrected chi connectivity index (χ4v) is 1.33. The van der Waals surface area contributed by atoms with Crippen LogP contribution in [0, 0.1) is 0 Å². The van der Waals surface area contributed by atoms with Crippen molar-refractivity contribution in [3.05, 3.63) is 0 Å². The minimum absolute atomic E-state index is 0.185. The van der Waals surface area contributed by atoms with Crippen molar-refractivity contribution in [2.45, 2.75) is 52.3 Å². The standard InChI is InChI=1S/C9H18N2O/c1-4-5-6-9-11(8(2)3)10-7-12-9/h7-9H,4-6H2,1-3H3. The number of hydrazone groups is 1. The van der Waals surface area contributed by atoms with Crippen molar-refractivity contribution in [1.29, 1.82) is 0 Å². The van der Waals surface area contributed by atoms with E-state index >= 15 is 0 Å². The normalized spacial score (nSPS) is 22.0. The molecule has 1 unspecified atom stereocenters.